The molecule has 3 nitrogen and oxygen atoms in total. The molecule has 1 rings (SSSR count). The molecule has 0 amide bonds. The number of hydrogen-bond donors (Lipinski definition) is 2. The molecule has 19 heavy (non-hydrogen) atoms. The first-order valence-corrected chi connectivity index (χ1v) is 7.99. The van der Waals surface area contributed by atoms with Crippen molar-refractivity contribution in [1.29, 1.82) is 0 Å². The van der Waals surface area contributed by atoms with E-state index in [4.69, 9.17) is 5.73 Å². The van der Waals surface area contributed by atoms with E-state index in [0.29, 0.717) is 12.0 Å². The Balaban J connectivity index is 0.00000154. The summed E-state index contributed by atoms with van der Waals surface area (Å²) in [6.07, 6.45) is 4.51. The van der Waals surface area contributed by atoms with Gasteiger partial charge < -0.3 is 15.7 Å². The molecular weight excluding hydrogens is 236 g/mol. The maximum absolute atomic E-state index is 9.87. The summed E-state index contributed by atoms with van der Waals surface area (Å²) in [6, 6.07) is 0.350. The molecule has 3 heteroatoms. The molecule has 0 radical (unpaired) electrons. The Labute approximate surface area is 120 Å². The molecule has 1 aliphatic rings. The second kappa shape index (κ2) is 8.93. The average Bonchev–Trinajstić information content (AvgIpc) is 2.31. The van der Waals surface area contributed by atoms with Crippen LogP contribution in [0, 0.1) is 11.8 Å². The zero-order chi connectivity index (χ0) is 15.1. The highest BCUT2D eigenvalue weighted by Crippen LogP contribution is 2.40. The summed E-state index contributed by atoms with van der Waals surface area (Å²) in [5, 5.41) is 9.87. The lowest BCUT2D eigenvalue weighted by atomic mass is 9.67. The Bertz CT molecular complexity index is 219. The summed E-state index contributed by atoms with van der Waals surface area (Å²) in [5.41, 5.74) is 5.43. The molecule has 0 saturated heterocycles. The number of aliphatic hydroxyl groups is 1. The van der Waals surface area contributed by atoms with Crippen LogP contribution in [0.25, 0.3) is 0 Å². The molecule has 1 fully saturated rings. The van der Waals surface area contributed by atoms with Crippen molar-refractivity contribution in [1.82, 2.24) is 4.90 Å². The van der Waals surface area contributed by atoms with E-state index >= 15 is 0 Å². The third-order valence-corrected chi connectivity index (χ3v) is 4.21. The van der Waals surface area contributed by atoms with Crippen molar-refractivity contribution in [2.75, 3.05) is 20.1 Å². The molecule has 1 unspecified atom stereocenters. The van der Waals surface area contributed by atoms with Crippen molar-refractivity contribution < 1.29 is 5.11 Å². The molecule has 0 spiro atoms. The first kappa shape index (κ1) is 18.9. The number of rotatable bonds is 7. The lowest BCUT2D eigenvalue weighted by molar-refractivity contribution is -0.0481. The van der Waals surface area contributed by atoms with Gasteiger partial charge in [-0.05, 0) is 65.0 Å². The van der Waals surface area contributed by atoms with Gasteiger partial charge in [0.2, 0.25) is 0 Å². The highest BCUT2D eigenvalue weighted by molar-refractivity contribution is 4.90. The normalized spacial score (nSPS) is 24.5. The van der Waals surface area contributed by atoms with Crippen LogP contribution in [-0.4, -0.2) is 41.8 Å². The lowest BCUT2D eigenvalue weighted by Crippen LogP contribution is -2.44. The molecule has 0 heterocycles. The van der Waals surface area contributed by atoms with Gasteiger partial charge >= 0.3 is 0 Å². The van der Waals surface area contributed by atoms with Crippen LogP contribution < -0.4 is 5.73 Å². The van der Waals surface area contributed by atoms with E-state index in [2.05, 4.69) is 18.9 Å². The van der Waals surface area contributed by atoms with Crippen LogP contribution in [0.4, 0.5) is 0 Å². The number of hydrogen-bond acceptors (Lipinski definition) is 3. The largest absolute Gasteiger partial charge is 0.390 e. The predicted octanol–water partition coefficient (Wildman–Crippen LogP) is 2.87. The average molecular weight is 272 g/mol. The van der Waals surface area contributed by atoms with Crippen LogP contribution in [0.2, 0.25) is 0 Å². The Hall–Kier alpha value is -0.120. The van der Waals surface area contributed by atoms with Gasteiger partial charge in [-0.15, -0.1) is 0 Å². The third kappa shape index (κ3) is 7.28. The van der Waals surface area contributed by atoms with Gasteiger partial charge in [0.1, 0.15) is 0 Å². The van der Waals surface area contributed by atoms with Crippen LogP contribution in [0.3, 0.4) is 0 Å². The van der Waals surface area contributed by atoms with Crippen LogP contribution >= 0.6 is 0 Å². The Kier molecular flexibility index (Phi) is 8.88. The first-order valence-electron chi connectivity index (χ1n) is 7.99. The Morgan fingerprint density at radius 3 is 2.26 bits per heavy atom. The van der Waals surface area contributed by atoms with E-state index < -0.39 is 5.60 Å². The lowest BCUT2D eigenvalue weighted by Gasteiger charge is -2.44. The summed E-state index contributed by atoms with van der Waals surface area (Å²) in [7, 11) is 2.18. The maximum atomic E-state index is 9.87. The second-order valence-corrected chi connectivity index (χ2v) is 6.41. The number of nitrogens with zero attached hydrogens (tertiary/aromatic N) is 1. The van der Waals surface area contributed by atoms with Gasteiger partial charge in [0.05, 0.1) is 5.60 Å². The van der Waals surface area contributed by atoms with Gasteiger partial charge in [0, 0.05) is 12.6 Å². The second-order valence-electron chi connectivity index (χ2n) is 6.41. The molecule has 0 aliphatic heterocycles. The highest BCUT2D eigenvalue weighted by atomic mass is 16.3. The van der Waals surface area contributed by atoms with Crippen LogP contribution in [-0.2, 0) is 0 Å². The molecule has 116 valence electrons. The van der Waals surface area contributed by atoms with Gasteiger partial charge in [-0.3, -0.25) is 0 Å². The smallest absolute Gasteiger partial charge is 0.0620 e. The summed E-state index contributed by atoms with van der Waals surface area (Å²) in [4.78, 5) is 2.39. The number of nitrogens with two attached hydrogens (primary N) is 1. The molecule has 0 aromatic rings. The summed E-state index contributed by atoms with van der Waals surface area (Å²) >= 11 is 0. The van der Waals surface area contributed by atoms with E-state index in [0.717, 1.165) is 31.8 Å². The molecule has 0 aromatic carbocycles. The summed E-state index contributed by atoms with van der Waals surface area (Å²) in [6.45, 7) is 12.3. The molecular formula is C16H36N2O. The maximum Gasteiger partial charge on any atom is 0.0620 e. The Morgan fingerprint density at radius 2 is 1.84 bits per heavy atom. The zero-order valence-corrected chi connectivity index (χ0v) is 13.9. The first-order chi connectivity index (χ1) is 8.82. The van der Waals surface area contributed by atoms with Crippen LogP contribution in [0.5, 0.6) is 0 Å². The van der Waals surface area contributed by atoms with E-state index in [9.17, 15) is 5.11 Å². The minimum absolute atomic E-state index is 0.350. The van der Waals surface area contributed by atoms with Crippen molar-refractivity contribution >= 4 is 0 Å². The van der Waals surface area contributed by atoms with E-state index in [-0.39, 0.29) is 0 Å². The van der Waals surface area contributed by atoms with E-state index in [1.807, 2.05) is 27.7 Å². The van der Waals surface area contributed by atoms with E-state index in [1.54, 1.807) is 0 Å². The van der Waals surface area contributed by atoms with Gasteiger partial charge in [-0.25, -0.2) is 0 Å². The van der Waals surface area contributed by atoms with Gasteiger partial charge in [0.15, 0.2) is 0 Å². The van der Waals surface area contributed by atoms with Crippen LogP contribution in [0.1, 0.15) is 60.3 Å². The fourth-order valence-corrected chi connectivity index (χ4v) is 2.58. The molecule has 1 atom stereocenters. The minimum Gasteiger partial charge on any atom is -0.390 e. The van der Waals surface area contributed by atoms with Crippen molar-refractivity contribution in [3.63, 3.8) is 0 Å². The van der Waals surface area contributed by atoms with Crippen molar-refractivity contribution in [2.45, 2.75) is 71.9 Å². The summed E-state index contributed by atoms with van der Waals surface area (Å²) in [5.74, 6) is 1.27. The zero-order valence-electron chi connectivity index (χ0n) is 13.9. The molecule has 0 bridgehead atoms. The van der Waals surface area contributed by atoms with Crippen molar-refractivity contribution in [2.24, 2.45) is 17.6 Å². The van der Waals surface area contributed by atoms with Crippen molar-refractivity contribution in [3.05, 3.63) is 0 Å². The monoisotopic (exact) mass is 272 g/mol. The minimum atomic E-state index is -0.486. The molecule has 3 N–H and O–H groups in total. The van der Waals surface area contributed by atoms with Gasteiger partial charge in [-0.1, -0.05) is 20.8 Å². The molecule has 1 aliphatic carbocycles. The quantitative estimate of drug-likeness (QED) is 0.749. The van der Waals surface area contributed by atoms with Gasteiger partial charge in [-0.2, -0.15) is 0 Å². The fourth-order valence-electron chi connectivity index (χ4n) is 2.58. The highest BCUT2D eigenvalue weighted by Gasteiger charge is 2.38. The van der Waals surface area contributed by atoms with Gasteiger partial charge in [0.25, 0.3) is 0 Å². The fraction of sp³-hybridized carbons (Fsp3) is 1.00. The van der Waals surface area contributed by atoms with E-state index in [1.165, 1.54) is 12.8 Å². The molecule has 1 saturated carbocycles. The SMILES string of the molecule is CC.CCC(N)CCN(C)CC1CC(C(C)(C)O)C1. The predicted molar refractivity (Wildman–Crippen MR) is 84.2 cm³/mol. The van der Waals surface area contributed by atoms with Crippen molar-refractivity contribution in [3.8, 4) is 0 Å². The van der Waals surface area contributed by atoms with Crippen LogP contribution in [0.15, 0.2) is 0 Å². The topological polar surface area (TPSA) is 49.5 Å². The third-order valence-electron chi connectivity index (χ3n) is 4.21. The summed E-state index contributed by atoms with van der Waals surface area (Å²) < 4.78 is 0. The standard InChI is InChI=1S/C14H30N2O.C2H6/c1-5-13(15)6-7-16(4)10-11-8-12(9-11)14(2,3)17;1-2/h11-13,17H,5-10,15H2,1-4H3;1-2H3. The molecule has 0 aromatic heterocycles. The Morgan fingerprint density at radius 1 is 1.32 bits per heavy atom.